The van der Waals surface area contributed by atoms with Crippen molar-refractivity contribution in [2.75, 3.05) is 26.2 Å². The Morgan fingerprint density at radius 3 is 2.38 bits per heavy atom. The lowest BCUT2D eigenvalue weighted by Gasteiger charge is -2.36. The molecule has 0 spiro atoms. The molecular formula is C15H21N3O3. The summed E-state index contributed by atoms with van der Waals surface area (Å²) in [5.74, 6) is -0.124. The molecule has 0 saturated carbocycles. The van der Waals surface area contributed by atoms with Crippen molar-refractivity contribution in [3.05, 3.63) is 39.4 Å². The van der Waals surface area contributed by atoms with Gasteiger partial charge >= 0.3 is 0 Å². The highest BCUT2D eigenvalue weighted by Crippen LogP contribution is 2.20. The van der Waals surface area contributed by atoms with Gasteiger partial charge in [-0.2, -0.15) is 0 Å². The molecule has 6 heteroatoms. The Balaban J connectivity index is 2.11. The minimum atomic E-state index is -0.442. The monoisotopic (exact) mass is 291 g/mol. The Morgan fingerprint density at radius 1 is 1.24 bits per heavy atom. The minimum Gasteiger partial charge on any atom is -0.336 e. The van der Waals surface area contributed by atoms with E-state index in [0.29, 0.717) is 30.3 Å². The van der Waals surface area contributed by atoms with Crippen molar-refractivity contribution in [3.63, 3.8) is 0 Å². The SMILES string of the molecule is Cc1ccc(C(=O)N2CCN(C(C)C)CC2)cc1[N+](=O)[O-]. The third kappa shape index (κ3) is 3.39. The summed E-state index contributed by atoms with van der Waals surface area (Å²) in [5, 5.41) is 11.0. The number of hydrogen-bond acceptors (Lipinski definition) is 4. The zero-order valence-corrected chi connectivity index (χ0v) is 12.7. The van der Waals surface area contributed by atoms with Crippen LogP contribution in [0.25, 0.3) is 0 Å². The van der Waals surface area contributed by atoms with E-state index in [1.807, 2.05) is 0 Å². The fourth-order valence-corrected chi connectivity index (χ4v) is 2.56. The number of nitrogens with zero attached hydrogens (tertiary/aromatic N) is 3. The van der Waals surface area contributed by atoms with Gasteiger partial charge in [0.15, 0.2) is 0 Å². The van der Waals surface area contributed by atoms with Crippen LogP contribution in [-0.2, 0) is 0 Å². The number of hydrogen-bond donors (Lipinski definition) is 0. The number of nitro benzene ring substituents is 1. The molecule has 0 radical (unpaired) electrons. The summed E-state index contributed by atoms with van der Waals surface area (Å²) in [4.78, 5) is 27.1. The average Bonchev–Trinajstić information content (AvgIpc) is 2.46. The first-order valence-electron chi connectivity index (χ1n) is 7.18. The normalized spacial score (nSPS) is 16.3. The van der Waals surface area contributed by atoms with E-state index in [4.69, 9.17) is 0 Å². The largest absolute Gasteiger partial charge is 0.336 e. The third-order valence-electron chi connectivity index (χ3n) is 3.98. The van der Waals surface area contributed by atoms with Crippen LogP contribution in [0.1, 0.15) is 29.8 Å². The summed E-state index contributed by atoms with van der Waals surface area (Å²) in [7, 11) is 0. The van der Waals surface area contributed by atoms with Crippen LogP contribution in [0.5, 0.6) is 0 Å². The molecule has 0 N–H and O–H groups in total. The molecule has 1 heterocycles. The van der Waals surface area contributed by atoms with Crippen LogP contribution in [0.15, 0.2) is 18.2 Å². The lowest BCUT2D eigenvalue weighted by Crippen LogP contribution is -2.50. The summed E-state index contributed by atoms with van der Waals surface area (Å²) in [5.41, 5.74) is 0.966. The number of aryl methyl sites for hydroxylation is 1. The van der Waals surface area contributed by atoms with Crippen molar-refractivity contribution < 1.29 is 9.72 Å². The molecule has 1 aromatic carbocycles. The standard InChI is InChI=1S/C15H21N3O3/c1-11(2)16-6-8-17(9-7-16)15(19)13-5-4-12(3)14(10-13)18(20)21/h4-5,10-11H,6-9H2,1-3H3. The van der Waals surface area contributed by atoms with Gasteiger partial charge in [0.1, 0.15) is 0 Å². The third-order valence-corrected chi connectivity index (χ3v) is 3.98. The molecule has 2 rings (SSSR count). The van der Waals surface area contributed by atoms with Crippen LogP contribution < -0.4 is 0 Å². The van der Waals surface area contributed by atoms with Crippen LogP contribution >= 0.6 is 0 Å². The maximum Gasteiger partial charge on any atom is 0.273 e. The molecule has 0 aliphatic carbocycles. The second kappa shape index (κ2) is 6.22. The molecule has 0 bridgehead atoms. The summed E-state index contributed by atoms with van der Waals surface area (Å²) in [6.45, 7) is 8.97. The number of rotatable bonds is 3. The first kappa shape index (κ1) is 15.4. The van der Waals surface area contributed by atoms with E-state index in [9.17, 15) is 14.9 Å². The van der Waals surface area contributed by atoms with Gasteiger partial charge in [-0.25, -0.2) is 0 Å². The molecule has 0 unspecified atom stereocenters. The molecule has 21 heavy (non-hydrogen) atoms. The van der Waals surface area contributed by atoms with Crippen molar-refractivity contribution in [2.45, 2.75) is 26.8 Å². The van der Waals surface area contributed by atoms with Gasteiger partial charge in [-0.1, -0.05) is 6.07 Å². The number of benzene rings is 1. The maximum absolute atomic E-state index is 12.4. The van der Waals surface area contributed by atoms with E-state index in [1.54, 1.807) is 24.0 Å². The summed E-state index contributed by atoms with van der Waals surface area (Å²) in [6, 6.07) is 5.16. The predicted octanol–water partition coefficient (Wildman–Crippen LogP) is 2.07. The maximum atomic E-state index is 12.4. The Hall–Kier alpha value is -1.95. The average molecular weight is 291 g/mol. The molecule has 6 nitrogen and oxygen atoms in total. The van der Waals surface area contributed by atoms with E-state index in [2.05, 4.69) is 18.7 Å². The van der Waals surface area contributed by atoms with Crippen LogP contribution in [0.2, 0.25) is 0 Å². The summed E-state index contributed by atoms with van der Waals surface area (Å²) >= 11 is 0. The van der Waals surface area contributed by atoms with Crippen LogP contribution in [0, 0.1) is 17.0 Å². The Kier molecular flexibility index (Phi) is 4.57. The predicted molar refractivity (Wildman–Crippen MR) is 80.4 cm³/mol. The Morgan fingerprint density at radius 2 is 1.86 bits per heavy atom. The van der Waals surface area contributed by atoms with Crippen molar-refractivity contribution >= 4 is 11.6 Å². The topological polar surface area (TPSA) is 66.7 Å². The van der Waals surface area contributed by atoms with Gasteiger partial charge in [0.2, 0.25) is 0 Å². The highest BCUT2D eigenvalue weighted by molar-refractivity contribution is 5.95. The Labute approximate surface area is 124 Å². The van der Waals surface area contributed by atoms with E-state index < -0.39 is 4.92 Å². The van der Waals surface area contributed by atoms with Crippen LogP contribution in [0.3, 0.4) is 0 Å². The molecule has 0 atom stereocenters. The summed E-state index contributed by atoms with van der Waals surface area (Å²) in [6.07, 6.45) is 0. The summed E-state index contributed by atoms with van der Waals surface area (Å²) < 4.78 is 0. The zero-order chi connectivity index (χ0) is 15.6. The second-order valence-corrected chi connectivity index (χ2v) is 5.68. The number of amides is 1. The fourth-order valence-electron chi connectivity index (χ4n) is 2.56. The first-order chi connectivity index (χ1) is 9.90. The number of carbonyl (C=O) groups excluding carboxylic acids is 1. The van der Waals surface area contributed by atoms with Gasteiger partial charge in [0.05, 0.1) is 4.92 Å². The van der Waals surface area contributed by atoms with Crippen LogP contribution in [-0.4, -0.2) is 52.9 Å². The lowest BCUT2D eigenvalue weighted by molar-refractivity contribution is -0.385. The van der Waals surface area contributed by atoms with Gasteiger partial charge < -0.3 is 4.90 Å². The van der Waals surface area contributed by atoms with E-state index in [-0.39, 0.29) is 11.6 Å². The van der Waals surface area contributed by atoms with Gasteiger partial charge in [0.25, 0.3) is 11.6 Å². The molecule has 114 valence electrons. The zero-order valence-electron chi connectivity index (χ0n) is 12.7. The lowest BCUT2D eigenvalue weighted by atomic mass is 10.1. The van der Waals surface area contributed by atoms with Gasteiger partial charge in [-0.3, -0.25) is 19.8 Å². The van der Waals surface area contributed by atoms with E-state index >= 15 is 0 Å². The molecule has 1 saturated heterocycles. The van der Waals surface area contributed by atoms with Crippen molar-refractivity contribution in [3.8, 4) is 0 Å². The highest BCUT2D eigenvalue weighted by atomic mass is 16.6. The molecule has 1 aliphatic heterocycles. The second-order valence-electron chi connectivity index (χ2n) is 5.68. The van der Waals surface area contributed by atoms with Gasteiger partial charge in [-0.05, 0) is 26.8 Å². The molecule has 1 aromatic rings. The van der Waals surface area contributed by atoms with E-state index in [0.717, 1.165) is 13.1 Å². The smallest absolute Gasteiger partial charge is 0.273 e. The van der Waals surface area contributed by atoms with Gasteiger partial charge in [0, 0.05) is 49.4 Å². The molecule has 1 fully saturated rings. The molecular weight excluding hydrogens is 270 g/mol. The first-order valence-corrected chi connectivity index (χ1v) is 7.18. The van der Waals surface area contributed by atoms with Crippen molar-refractivity contribution in [2.24, 2.45) is 0 Å². The Bertz CT molecular complexity index is 549. The van der Waals surface area contributed by atoms with Crippen LogP contribution in [0.4, 0.5) is 5.69 Å². The van der Waals surface area contributed by atoms with Crippen molar-refractivity contribution in [1.82, 2.24) is 9.80 Å². The van der Waals surface area contributed by atoms with Gasteiger partial charge in [-0.15, -0.1) is 0 Å². The minimum absolute atomic E-state index is 0.00154. The molecule has 1 aliphatic rings. The fraction of sp³-hybridized carbons (Fsp3) is 0.533. The number of nitro groups is 1. The molecule has 1 amide bonds. The quantitative estimate of drug-likeness (QED) is 0.631. The molecule has 0 aromatic heterocycles. The van der Waals surface area contributed by atoms with Crippen molar-refractivity contribution in [1.29, 1.82) is 0 Å². The number of carbonyl (C=O) groups is 1. The highest BCUT2D eigenvalue weighted by Gasteiger charge is 2.24. The number of piperazine rings is 1. The van der Waals surface area contributed by atoms with E-state index in [1.165, 1.54) is 6.07 Å².